The van der Waals surface area contributed by atoms with E-state index < -0.39 is 4.84 Å². The number of hydrogen-bond donors (Lipinski definition) is 0. The van der Waals surface area contributed by atoms with Crippen LogP contribution in [-0.4, -0.2) is 50.1 Å². The van der Waals surface area contributed by atoms with Gasteiger partial charge in [0.05, 0.1) is 20.8 Å². The van der Waals surface area contributed by atoms with Crippen molar-refractivity contribution in [2.24, 2.45) is 0 Å². The number of nitrogens with zero attached hydrogens (tertiary/aromatic N) is 1. The molecule has 0 spiro atoms. The van der Waals surface area contributed by atoms with Crippen LogP contribution < -0.4 is 9.47 Å². The fourth-order valence-electron chi connectivity index (χ4n) is 1.81. The number of carbonyl (C=O) groups excluding carboxylic acids is 1. The smallest absolute Gasteiger partial charge is 0.256 e. The molecule has 0 fully saturated rings. The lowest BCUT2D eigenvalue weighted by Gasteiger charge is -2.23. The van der Waals surface area contributed by atoms with Gasteiger partial charge >= 0.3 is 0 Å². The number of carbonyl (C=O) groups is 1. The van der Waals surface area contributed by atoms with Gasteiger partial charge in [0.1, 0.15) is 0 Å². The number of alkyl halides is 2. The van der Waals surface area contributed by atoms with Crippen molar-refractivity contribution >= 4 is 29.1 Å². The predicted molar refractivity (Wildman–Crippen MR) is 82.3 cm³/mol. The highest BCUT2D eigenvalue weighted by Gasteiger charge is 2.20. The van der Waals surface area contributed by atoms with Gasteiger partial charge in [0, 0.05) is 20.2 Å². The molecule has 0 aliphatic rings. The second-order valence-corrected chi connectivity index (χ2v) is 5.34. The molecule has 0 bridgehead atoms. The number of benzene rings is 1. The SMILES string of the molecule is COCCN(Cc1ccc(OC)c(OC)c1)C(=O)C(Cl)Cl. The number of rotatable bonds is 8. The van der Waals surface area contributed by atoms with Gasteiger partial charge < -0.3 is 19.1 Å². The molecule has 0 radical (unpaired) electrons. The van der Waals surface area contributed by atoms with Crippen molar-refractivity contribution in [2.75, 3.05) is 34.5 Å². The summed E-state index contributed by atoms with van der Waals surface area (Å²) in [5.41, 5.74) is 0.881. The van der Waals surface area contributed by atoms with Gasteiger partial charge in [-0.05, 0) is 17.7 Å². The Labute approximate surface area is 134 Å². The Kier molecular flexibility index (Phi) is 7.64. The summed E-state index contributed by atoms with van der Waals surface area (Å²) in [6.45, 7) is 1.16. The maximum absolute atomic E-state index is 12.0. The highest BCUT2D eigenvalue weighted by molar-refractivity contribution is 6.53. The molecular formula is C14H19Cl2NO4. The molecule has 1 amide bonds. The topological polar surface area (TPSA) is 48.0 Å². The van der Waals surface area contributed by atoms with Crippen LogP contribution >= 0.6 is 23.2 Å². The first-order chi connectivity index (χ1) is 10.0. The fraction of sp³-hybridized carbons (Fsp3) is 0.500. The van der Waals surface area contributed by atoms with Crippen molar-refractivity contribution in [1.29, 1.82) is 0 Å². The van der Waals surface area contributed by atoms with Crippen molar-refractivity contribution in [3.63, 3.8) is 0 Å². The van der Waals surface area contributed by atoms with Crippen LogP contribution in [0.5, 0.6) is 11.5 Å². The molecule has 0 aromatic heterocycles. The van der Waals surface area contributed by atoms with E-state index in [4.69, 9.17) is 37.4 Å². The lowest BCUT2D eigenvalue weighted by molar-refractivity contribution is -0.130. The van der Waals surface area contributed by atoms with Gasteiger partial charge in [0.15, 0.2) is 16.3 Å². The van der Waals surface area contributed by atoms with E-state index >= 15 is 0 Å². The Balaban J connectivity index is 2.89. The Hall–Kier alpha value is -1.17. The summed E-state index contributed by atoms with van der Waals surface area (Å²) in [6, 6.07) is 5.45. The molecule has 7 heteroatoms. The molecule has 0 atom stereocenters. The maximum Gasteiger partial charge on any atom is 0.256 e. The summed E-state index contributed by atoms with van der Waals surface area (Å²) in [5, 5.41) is 0. The minimum absolute atomic E-state index is 0.356. The van der Waals surface area contributed by atoms with Crippen molar-refractivity contribution < 1.29 is 19.0 Å². The standard InChI is InChI=1S/C14H19Cl2NO4/c1-19-7-6-17(14(18)13(15)16)9-10-4-5-11(20-2)12(8-10)21-3/h4-5,8,13H,6-7,9H2,1-3H3. The number of ether oxygens (including phenoxy) is 3. The number of halogens is 2. The second kappa shape index (κ2) is 8.97. The van der Waals surface area contributed by atoms with Gasteiger partial charge in [-0.25, -0.2) is 0 Å². The van der Waals surface area contributed by atoms with Crippen LogP contribution in [-0.2, 0) is 16.1 Å². The third kappa shape index (κ3) is 5.26. The Morgan fingerprint density at radius 1 is 1.19 bits per heavy atom. The van der Waals surface area contributed by atoms with Gasteiger partial charge in [0.2, 0.25) is 0 Å². The molecule has 0 aliphatic heterocycles. The minimum Gasteiger partial charge on any atom is -0.493 e. The van der Waals surface area contributed by atoms with Crippen molar-refractivity contribution in [3.05, 3.63) is 23.8 Å². The Morgan fingerprint density at radius 3 is 2.38 bits per heavy atom. The van der Waals surface area contributed by atoms with E-state index in [-0.39, 0.29) is 5.91 Å². The van der Waals surface area contributed by atoms with Crippen molar-refractivity contribution in [2.45, 2.75) is 11.4 Å². The number of hydrogen-bond acceptors (Lipinski definition) is 4. The molecule has 21 heavy (non-hydrogen) atoms. The largest absolute Gasteiger partial charge is 0.493 e. The summed E-state index contributed by atoms with van der Waals surface area (Å²) in [5.74, 6) is 0.871. The first-order valence-electron chi connectivity index (χ1n) is 6.30. The van der Waals surface area contributed by atoms with Gasteiger partial charge in [-0.15, -0.1) is 0 Å². The molecule has 1 aromatic carbocycles. The van der Waals surface area contributed by atoms with E-state index in [2.05, 4.69) is 0 Å². The molecule has 5 nitrogen and oxygen atoms in total. The average molecular weight is 336 g/mol. The van der Waals surface area contributed by atoms with Crippen molar-refractivity contribution in [1.82, 2.24) is 4.90 Å². The lowest BCUT2D eigenvalue weighted by atomic mass is 10.2. The van der Waals surface area contributed by atoms with E-state index in [0.717, 1.165) is 5.56 Å². The summed E-state index contributed by atoms with van der Waals surface area (Å²) in [7, 11) is 4.69. The second-order valence-electron chi connectivity index (χ2n) is 4.24. The molecule has 0 saturated carbocycles. The average Bonchev–Trinajstić information content (AvgIpc) is 2.50. The van der Waals surface area contributed by atoms with E-state index in [0.29, 0.717) is 31.2 Å². The van der Waals surface area contributed by atoms with Crippen molar-refractivity contribution in [3.8, 4) is 11.5 Å². The zero-order chi connectivity index (χ0) is 15.8. The van der Waals surface area contributed by atoms with Gasteiger partial charge in [-0.1, -0.05) is 29.3 Å². The molecular weight excluding hydrogens is 317 g/mol. The van der Waals surface area contributed by atoms with E-state index in [1.54, 1.807) is 27.4 Å². The molecule has 0 N–H and O–H groups in total. The van der Waals surface area contributed by atoms with Gasteiger partial charge in [0.25, 0.3) is 5.91 Å². The van der Waals surface area contributed by atoms with Crippen LogP contribution in [0, 0.1) is 0 Å². The maximum atomic E-state index is 12.0. The third-order valence-electron chi connectivity index (χ3n) is 2.89. The van der Waals surface area contributed by atoms with Gasteiger partial charge in [-0.3, -0.25) is 4.79 Å². The van der Waals surface area contributed by atoms with Gasteiger partial charge in [-0.2, -0.15) is 0 Å². The molecule has 0 aliphatic carbocycles. The summed E-state index contributed by atoms with van der Waals surface area (Å²) < 4.78 is 15.4. The molecule has 1 aromatic rings. The van der Waals surface area contributed by atoms with E-state index in [1.807, 2.05) is 12.1 Å². The molecule has 0 unspecified atom stereocenters. The van der Waals surface area contributed by atoms with Crippen LogP contribution in [0.25, 0.3) is 0 Å². The lowest BCUT2D eigenvalue weighted by Crippen LogP contribution is -2.36. The van der Waals surface area contributed by atoms with Crippen LogP contribution in [0.2, 0.25) is 0 Å². The molecule has 0 heterocycles. The zero-order valence-electron chi connectivity index (χ0n) is 12.3. The highest BCUT2D eigenvalue weighted by Crippen LogP contribution is 2.28. The molecule has 1 rings (SSSR count). The minimum atomic E-state index is -1.10. The first-order valence-corrected chi connectivity index (χ1v) is 7.17. The molecule has 118 valence electrons. The fourth-order valence-corrected chi connectivity index (χ4v) is 2.08. The quantitative estimate of drug-likeness (QED) is 0.685. The van der Waals surface area contributed by atoms with E-state index in [9.17, 15) is 4.79 Å². The summed E-state index contributed by atoms with van der Waals surface area (Å²) >= 11 is 11.3. The Bertz CT molecular complexity index is 468. The van der Waals surface area contributed by atoms with E-state index in [1.165, 1.54) is 4.90 Å². The number of amides is 1. The van der Waals surface area contributed by atoms with Crippen LogP contribution in [0.4, 0.5) is 0 Å². The molecule has 0 saturated heterocycles. The van der Waals surface area contributed by atoms with Crippen LogP contribution in [0.3, 0.4) is 0 Å². The number of methoxy groups -OCH3 is 3. The summed E-state index contributed by atoms with van der Waals surface area (Å²) in [4.78, 5) is 12.4. The Morgan fingerprint density at radius 2 is 1.86 bits per heavy atom. The zero-order valence-corrected chi connectivity index (χ0v) is 13.8. The first kappa shape index (κ1) is 17.9. The predicted octanol–water partition coefficient (Wildman–Crippen LogP) is 2.48. The third-order valence-corrected chi connectivity index (χ3v) is 3.26. The van der Waals surface area contributed by atoms with Crippen LogP contribution in [0.1, 0.15) is 5.56 Å². The normalized spacial score (nSPS) is 10.6. The van der Waals surface area contributed by atoms with Crippen LogP contribution in [0.15, 0.2) is 18.2 Å². The summed E-state index contributed by atoms with van der Waals surface area (Å²) in [6.07, 6.45) is 0. The highest BCUT2D eigenvalue weighted by atomic mass is 35.5. The monoisotopic (exact) mass is 335 g/mol.